The second-order valence-electron chi connectivity index (χ2n) is 5.93. The minimum Gasteiger partial charge on any atom is -0.150 e. The standard InChI is InChI=1S/C20H10N2/c1-3-11-7-9-15-19-17(11)13(5-1)14-6-2-4-12-8-10-16(22-21-15)20(19)18(12)14/h1-10H. The second-order valence-corrected chi connectivity index (χ2v) is 5.93. The zero-order valence-electron chi connectivity index (χ0n) is 11.7. The van der Waals surface area contributed by atoms with E-state index in [4.69, 9.17) is 0 Å². The molecule has 0 saturated carbocycles. The molecule has 2 heteroatoms. The second kappa shape index (κ2) is 3.42. The number of aromatic nitrogens is 2. The normalized spacial score (nSPS) is 12.5. The SMILES string of the molecule is c1cc2ccc3nnc4ccc5cccc6c(c1)c2c3c4c56. The van der Waals surface area contributed by atoms with Gasteiger partial charge in [-0.15, -0.1) is 10.2 Å². The van der Waals surface area contributed by atoms with Gasteiger partial charge in [0.25, 0.3) is 0 Å². The number of nitrogens with zero attached hydrogens (tertiary/aromatic N) is 2. The van der Waals surface area contributed by atoms with Crippen LogP contribution < -0.4 is 0 Å². The highest BCUT2D eigenvalue weighted by Gasteiger charge is 2.17. The third kappa shape index (κ3) is 1.06. The summed E-state index contributed by atoms with van der Waals surface area (Å²) >= 11 is 0. The van der Waals surface area contributed by atoms with Crippen molar-refractivity contribution < 1.29 is 0 Å². The van der Waals surface area contributed by atoms with Crippen molar-refractivity contribution in [2.75, 3.05) is 0 Å². The average Bonchev–Trinajstić information content (AvgIpc) is 2.59. The Morgan fingerprint density at radius 1 is 0.455 bits per heavy atom. The maximum absolute atomic E-state index is 4.44. The van der Waals surface area contributed by atoms with Crippen LogP contribution in [0.5, 0.6) is 0 Å². The van der Waals surface area contributed by atoms with E-state index in [1.165, 1.54) is 43.1 Å². The zero-order valence-corrected chi connectivity index (χ0v) is 11.7. The third-order valence-corrected chi connectivity index (χ3v) is 4.85. The Balaban J connectivity index is 2.21. The Bertz CT molecular complexity index is 1200. The summed E-state index contributed by atoms with van der Waals surface area (Å²) in [7, 11) is 0. The van der Waals surface area contributed by atoms with Gasteiger partial charge in [0.05, 0.1) is 11.0 Å². The summed E-state index contributed by atoms with van der Waals surface area (Å²) in [6.45, 7) is 0. The molecule has 1 aromatic heterocycles. The van der Waals surface area contributed by atoms with Crippen LogP contribution in [0.15, 0.2) is 60.7 Å². The highest BCUT2D eigenvalue weighted by Crippen LogP contribution is 2.43. The van der Waals surface area contributed by atoms with Gasteiger partial charge in [-0.05, 0) is 44.5 Å². The van der Waals surface area contributed by atoms with E-state index in [9.17, 15) is 0 Å². The molecule has 0 unspecified atom stereocenters. The van der Waals surface area contributed by atoms with E-state index in [0.29, 0.717) is 0 Å². The van der Waals surface area contributed by atoms with Crippen molar-refractivity contribution in [1.82, 2.24) is 10.2 Å². The lowest BCUT2D eigenvalue weighted by Crippen LogP contribution is -1.93. The Morgan fingerprint density at radius 3 is 1.45 bits per heavy atom. The molecule has 0 atom stereocenters. The molecule has 1 heterocycles. The minimum absolute atomic E-state index is 0.981. The minimum atomic E-state index is 0.981. The number of hydrogen-bond acceptors (Lipinski definition) is 2. The first-order valence-corrected chi connectivity index (χ1v) is 7.46. The fourth-order valence-corrected chi connectivity index (χ4v) is 3.97. The molecule has 0 N–H and O–H groups in total. The molecule has 0 amide bonds. The average molecular weight is 278 g/mol. The highest BCUT2D eigenvalue weighted by atomic mass is 15.1. The molecule has 0 fully saturated rings. The van der Waals surface area contributed by atoms with Crippen LogP contribution in [0.25, 0.3) is 54.1 Å². The van der Waals surface area contributed by atoms with Crippen LogP contribution in [0.1, 0.15) is 0 Å². The summed E-state index contributed by atoms with van der Waals surface area (Å²) in [6, 6.07) is 21.5. The molecular formula is C20H10N2. The van der Waals surface area contributed by atoms with Gasteiger partial charge in [0.1, 0.15) is 0 Å². The van der Waals surface area contributed by atoms with Crippen LogP contribution in [0.2, 0.25) is 0 Å². The quantitative estimate of drug-likeness (QED) is 0.285. The van der Waals surface area contributed by atoms with Gasteiger partial charge < -0.3 is 0 Å². The Labute approximate surface area is 125 Å². The van der Waals surface area contributed by atoms with Crippen LogP contribution in [-0.4, -0.2) is 10.2 Å². The first-order valence-electron chi connectivity index (χ1n) is 7.46. The predicted octanol–water partition coefficient (Wildman–Crippen LogP) is 5.12. The first kappa shape index (κ1) is 10.7. The van der Waals surface area contributed by atoms with Crippen LogP contribution in [0.4, 0.5) is 0 Å². The van der Waals surface area contributed by atoms with E-state index in [1.54, 1.807) is 0 Å². The van der Waals surface area contributed by atoms with E-state index >= 15 is 0 Å². The van der Waals surface area contributed by atoms with Gasteiger partial charge in [0.15, 0.2) is 0 Å². The van der Waals surface area contributed by atoms with Crippen LogP contribution >= 0.6 is 0 Å². The fourth-order valence-electron chi connectivity index (χ4n) is 3.97. The molecule has 6 rings (SSSR count). The van der Waals surface area contributed by atoms with E-state index in [2.05, 4.69) is 70.9 Å². The van der Waals surface area contributed by atoms with Gasteiger partial charge in [-0.1, -0.05) is 48.5 Å². The molecule has 0 bridgehead atoms. The molecule has 0 aliphatic rings. The predicted molar refractivity (Wildman–Crippen MR) is 91.9 cm³/mol. The van der Waals surface area contributed by atoms with Gasteiger partial charge in [0, 0.05) is 10.8 Å². The van der Waals surface area contributed by atoms with Crippen molar-refractivity contribution in [3.05, 3.63) is 60.7 Å². The van der Waals surface area contributed by atoms with Crippen molar-refractivity contribution in [1.29, 1.82) is 0 Å². The lowest BCUT2D eigenvalue weighted by Gasteiger charge is -2.16. The lowest BCUT2D eigenvalue weighted by atomic mass is 9.89. The van der Waals surface area contributed by atoms with Crippen molar-refractivity contribution in [3.63, 3.8) is 0 Å². The van der Waals surface area contributed by atoms with Gasteiger partial charge in [-0.2, -0.15) is 0 Å². The Morgan fingerprint density at radius 2 is 0.955 bits per heavy atom. The maximum Gasteiger partial charge on any atom is 0.0943 e. The summed E-state index contributed by atoms with van der Waals surface area (Å²) in [4.78, 5) is 0. The third-order valence-electron chi connectivity index (χ3n) is 4.85. The molecule has 6 aromatic rings. The molecular weight excluding hydrogens is 268 g/mol. The topological polar surface area (TPSA) is 25.8 Å². The van der Waals surface area contributed by atoms with Crippen molar-refractivity contribution >= 4 is 54.1 Å². The van der Waals surface area contributed by atoms with E-state index in [0.717, 1.165) is 11.0 Å². The lowest BCUT2D eigenvalue weighted by molar-refractivity contribution is 1.12. The molecule has 0 saturated heterocycles. The smallest absolute Gasteiger partial charge is 0.0943 e. The fraction of sp³-hybridized carbons (Fsp3) is 0. The molecule has 0 radical (unpaired) electrons. The van der Waals surface area contributed by atoms with E-state index in [-0.39, 0.29) is 0 Å². The van der Waals surface area contributed by atoms with Crippen LogP contribution in [0, 0.1) is 0 Å². The van der Waals surface area contributed by atoms with E-state index < -0.39 is 0 Å². The molecule has 100 valence electrons. The van der Waals surface area contributed by atoms with Crippen molar-refractivity contribution in [3.8, 4) is 0 Å². The van der Waals surface area contributed by atoms with Gasteiger partial charge >= 0.3 is 0 Å². The van der Waals surface area contributed by atoms with Gasteiger partial charge in [-0.3, -0.25) is 0 Å². The summed E-state index contributed by atoms with van der Waals surface area (Å²) in [5.74, 6) is 0. The molecule has 0 aliphatic heterocycles. The summed E-state index contributed by atoms with van der Waals surface area (Å²) in [5.41, 5.74) is 1.96. The number of hydrogen-bond donors (Lipinski definition) is 0. The number of benzene rings is 5. The Hall–Kier alpha value is -3.00. The summed E-state index contributed by atoms with van der Waals surface area (Å²) in [6.07, 6.45) is 0. The number of fused-ring (bicyclic) bond motifs is 1. The highest BCUT2D eigenvalue weighted by molar-refractivity contribution is 6.38. The maximum atomic E-state index is 4.44. The first-order chi connectivity index (χ1) is 10.9. The molecule has 0 aliphatic carbocycles. The molecule has 5 aromatic carbocycles. The van der Waals surface area contributed by atoms with Crippen LogP contribution in [-0.2, 0) is 0 Å². The summed E-state index contributed by atoms with van der Waals surface area (Å²) < 4.78 is 0. The van der Waals surface area contributed by atoms with Gasteiger partial charge in [-0.25, -0.2) is 0 Å². The van der Waals surface area contributed by atoms with E-state index in [1.807, 2.05) is 0 Å². The van der Waals surface area contributed by atoms with Crippen LogP contribution in [0.3, 0.4) is 0 Å². The zero-order chi connectivity index (χ0) is 14.3. The van der Waals surface area contributed by atoms with Crippen molar-refractivity contribution in [2.45, 2.75) is 0 Å². The Kier molecular flexibility index (Phi) is 1.66. The number of rotatable bonds is 0. The van der Waals surface area contributed by atoms with Gasteiger partial charge in [0.2, 0.25) is 0 Å². The largest absolute Gasteiger partial charge is 0.150 e. The molecule has 2 nitrogen and oxygen atoms in total. The summed E-state index contributed by atoms with van der Waals surface area (Å²) in [5, 5.41) is 19.2. The molecule has 0 spiro atoms. The van der Waals surface area contributed by atoms with Crippen molar-refractivity contribution in [2.24, 2.45) is 0 Å². The monoisotopic (exact) mass is 278 g/mol. The molecule has 22 heavy (non-hydrogen) atoms.